The number of rotatable bonds is 5. The molecule has 7 nitrogen and oxygen atoms in total. The normalized spacial score (nSPS) is 10.8. The van der Waals surface area contributed by atoms with E-state index in [1.807, 2.05) is 6.92 Å². The average molecular weight is 293 g/mol. The third kappa shape index (κ3) is 2.96. The molecule has 1 N–H and O–H groups in total. The smallest absolute Gasteiger partial charge is 0.340 e. The summed E-state index contributed by atoms with van der Waals surface area (Å²) < 4.78 is 1.65. The van der Waals surface area contributed by atoms with Crippen molar-refractivity contribution in [3.63, 3.8) is 0 Å². The van der Waals surface area contributed by atoms with Crippen LogP contribution < -0.4 is 0 Å². The average Bonchev–Trinajstić information content (AvgIpc) is 2.80. The number of aromatic carboxylic acids is 1. The summed E-state index contributed by atoms with van der Waals surface area (Å²) in [5, 5.41) is 13.8. The Morgan fingerprint density at radius 1 is 1.45 bits per heavy atom. The van der Waals surface area contributed by atoms with E-state index in [0.717, 1.165) is 5.82 Å². The molecule has 0 saturated heterocycles. The van der Waals surface area contributed by atoms with Gasteiger partial charge in [-0.3, -0.25) is 4.68 Å². The van der Waals surface area contributed by atoms with E-state index >= 15 is 0 Å². The number of carbonyl (C=O) groups is 1. The molecule has 0 aromatic carbocycles. The summed E-state index contributed by atoms with van der Waals surface area (Å²) in [5.41, 5.74) is 0.652. The molecule has 106 valence electrons. The van der Waals surface area contributed by atoms with Crippen LogP contribution in [0.2, 0.25) is 0 Å². The fourth-order valence-electron chi connectivity index (χ4n) is 1.69. The van der Waals surface area contributed by atoms with Crippen LogP contribution in [-0.4, -0.2) is 35.8 Å². The second-order valence-corrected chi connectivity index (χ2v) is 5.12. The van der Waals surface area contributed by atoms with Gasteiger partial charge in [0.15, 0.2) is 0 Å². The second-order valence-electron chi connectivity index (χ2n) is 4.15. The molecule has 0 unspecified atom stereocenters. The first kappa shape index (κ1) is 14.4. The molecule has 0 amide bonds. The first-order valence-corrected chi connectivity index (χ1v) is 7.08. The van der Waals surface area contributed by atoms with Crippen molar-refractivity contribution in [1.82, 2.24) is 24.7 Å². The predicted octanol–water partition coefficient (Wildman–Crippen LogP) is 1.47. The number of thioether (sulfide) groups is 1. The number of aromatic nitrogens is 5. The maximum Gasteiger partial charge on any atom is 0.340 e. The lowest BCUT2D eigenvalue weighted by molar-refractivity contribution is 0.0690. The van der Waals surface area contributed by atoms with Crippen LogP contribution in [-0.2, 0) is 19.2 Å². The third-order valence-corrected chi connectivity index (χ3v) is 3.75. The number of hydrogen-bond donors (Lipinski definition) is 1. The second kappa shape index (κ2) is 6.00. The fourth-order valence-corrected chi connectivity index (χ4v) is 2.77. The van der Waals surface area contributed by atoms with E-state index in [-0.39, 0.29) is 5.56 Å². The zero-order valence-electron chi connectivity index (χ0n) is 11.5. The Labute approximate surface area is 120 Å². The summed E-state index contributed by atoms with van der Waals surface area (Å²) in [6.45, 7) is 3.63. The van der Waals surface area contributed by atoms with Crippen LogP contribution in [0.25, 0.3) is 0 Å². The van der Waals surface area contributed by atoms with Crippen LogP contribution in [0.4, 0.5) is 0 Å². The van der Waals surface area contributed by atoms with Crippen molar-refractivity contribution in [2.75, 3.05) is 0 Å². The number of carboxylic acids is 1. The number of carboxylic acid groups (broad SMARTS) is 1. The summed E-state index contributed by atoms with van der Waals surface area (Å²) >= 11 is 1.34. The summed E-state index contributed by atoms with van der Waals surface area (Å²) in [7, 11) is 1.80. The Morgan fingerprint density at radius 2 is 2.20 bits per heavy atom. The lowest BCUT2D eigenvalue weighted by Gasteiger charge is -2.09. The fraction of sp³-hybridized carbons (Fsp3) is 0.417. The van der Waals surface area contributed by atoms with Crippen molar-refractivity contribution < 1.29 is 9.90 Å². The summed E-state index contributed by atoms with van der Waals surface area (Å²) in [5.74, 6) is 0.912. The molecular formula is C12H15N5O2S. The Hall–Kier alpha value is -1.96. The molecule has 0 aliphatic carbocycles. The van der Waals surface area contributed by atoms with Crippen molar-refractivity contribution in [3.8, 4) is 0 Å². The van der Waals surface area contributed by atoms with Crippen LogP contribution in [0.3, 0.4) is 0 Å². The first-order valence-electron chi connectivity index (χ1n) is 6.09. The maximum atomic E-state index is 11.3. The van der Waals surface area contributed by atoms with Crippen molar-refractivity contribution in [2.24, 2.45) is 7.05 Å². The molecule has 0 aliphatic heterocycles. The van der Waals surface area contributed by atoms with E-state index in [4.69, 9.17) is 0 Å². The largest absolute Gasteiger partial charge is 0.478 e. The Balaban J connectivity index is 2.31. The Kier molecular flexibility index (Phi) is 4.33. The molecule has 20 heavy (non-hydrogen) atoms. The zero-order chi connectivity index (χ0) is 14.7. The molecule has 2 aromatic rings. The van der Waals surface area contributed by atoms with Crippen LogP contribution >= 0.6 is 11.8 Å². The van der Waals surface area contributed by atoms with E-state index in [0.29, 0.717) is 28.7 Å². The molecule has 8 heteroatoms. The minimum Gasteiger partial charge on any atom is -0.478 e. The molecule has 0 radical (unpaired) electrons. The molecular weight excluding hydrogens is 278 g/mol. The third-order valence-electron chi connectivity index (χ3n) is 2.78. The van der Waals surface area contributed by atoms with Gasteiger partial charge in [-0.2, -0.15) is 5.10 Å². The van der Waals surface area contributed by atoms with Gasteiger partial charge in [0.2, 0.25) is 0 Å². The zero-order valence-corrected chi connectivity index (χ0v) is 12.3. The van der Waals surface area contributed by atoms with E-state index in [1.165, 1.54) is 18.1 Å². The van der Waals surface area contributed by atoms with Crippen LogP contribution in [0, 0.1) is 6.92 Å². The molecule has 0 saturated carbocycles. The van der Waals surface area contributed by atoms with Gasteiger partial charge in [-0.15, -0.1) is 0 Å². The van der Waals surface area contributed by atoms with E-state index in [9.17, 15) is 9.90 Å². The van der Waals surface area contributed by atoms with Gasteiger partial charge in [0.05, 0.1) is 11.4 Å². The molecule has 2 rings (SSSR count). The molecule has 0 aliphatic rings. The van der Waals surface area contributed by atoms with E-state index < -0.39 is 5.97 Å². The van der Waals surface area contributed by atoms with Crippen LogP contribution in [0.1, 0.15) is 34.6 Å². The van der Waals surface area contributed by atoms with Gasteiger partial charge in [0, 0.05) is 13.5 Å². The molecule has 0 spiro atoms. The topological polar surface area (TPSA) is 93.8 Å². The van der Waals surface area contributed by atoms with E-state index in [1.54, 1.807) is 18.7 Å². The van der Waals surface area contributed by atoms with Gasteiger partial charge in [-0.25, -0.2) is 19.7 Å². The van der Waals surface area contributed by atoms with Crippen molar-refractivity contribution in [1.29, 1.82) is 0 Å². The van der Waals surface area contributed by atoms with Crippen molar-refractivity contribution in [2.45, 2.75) is 31.0 Å². The first-order chi connectivity index (χ1) is 9.52. The molecule has 0 bridgehead atoms. The van der Waals surface area contributed by atoms with Crippen molar-refractivity contribution >= 4 is 17.7 Å². The van der Waals surface area contributed by atoms with E-state index in [2.05, 4.69) is 20.1 Å². The molecule has 0 fully saturated rings. The maximum absolute atomic E-state index is 11.3. The monoisotopic (exact) mass is 293 g/mol. The highest BCUT2D eigenvalue weighted by Crippen LogP contribution is 2.25. The van der Waals surface area contributed by atoms with Gasteiger partial charge in [0.1, 0.15) is 28.6 Å². The summed E-state index contributed by atoms with van der Waals surface area (Å²) in [6, 6.07) is 0. The number of hydrogen-bond acceptors (Lipinski definition) is 6. The molecule has 0 atom stereocenters. The highest BCUT2D eigenvalue weighted by Gasteiger charge is 2.18. The highest BCUT2D eigenvalue weighted by molar-refractivity contribution is 7.98. The van der Waals surface area contributed by atoms with Crippen molar-refractivity contribution in [3.05, 3.63) is 29.2 Å². The highest BCUT2D eigenvalue weighted by atomic mass is 32.2. The number of aryl methyl sites for hydroxylation is 3. The van der Waals surface area contributed by atoms with Gasteiger partial charge in [0.25, 0.3) is 0 Å². The van der Waals surface area contributed by atoms with Gasteiger partial charge in [-0.1, -0.05) is 18.7 Å². The van der Waals surface area contributed by atoms with Gasteiger partial charge < -0.3 is 5.11 Å². The standard InChI is InChI=1S/C12H15N5O2S/c1-4-8-15-7(2)10(12(18)19)11(16-8)20-5-9-13-6-14-17(9)3/h6H,4-5H2,1-3H3,(H,18,19). The minimum absolute atomic E-state index is 0.161. The molecule has 2 aromatic heterocycles. The van der Waals surface area contributed by atoms with Gasteiger partial charge in [-0.05, 0) is 6.92 Å². The summed E-state index contributed by atoms with van der Waals surface area (Å²) in [4.78, 5) is 24.0. The molecule has 2 heterocycles. The lowest BCUT2D eigenvalue weighted by atomic mass is 10.2. The Bertz CT molecular complexity index is 641. The quantitative estimate of drug-likeness (QED) is 0.659. The Morgan fingerprint density at radius 3 is 2.75 bits per heavy atom. The van der Waals surface area contributed by atoms with Crippen LogP contribution in [0.15, 0.2) is 11.4 Å². The predicted molar refractivity (Wildman–Crippen MR) is 73.7 cm³/mol. The minimum atomic E-state index is -1.01. The lowest BCUT2D eigenvalue weighted by Crippen LogP contribution is -2.09. The van der Waals surface area contributed by atoms with Crippen LogP contribution in [0.5, 0.6) is 0 Å². The van der Waals surface area contributed by atoms with Gasteiger partial charge >= 0.3 is 5.97 Å². The number of nitrogens with zero attached hydrogens (tertiary/aromatic N) is 5. The SMILES string of the molecule is CCc1nc(C)c(C(=O)O)c(SCc2ncnn2C)n1. The summed E-state index contributed by atoms with van der Waals surface area (Å²) in [6.07, 6.45) is 2.13.